The van der Waals surface area contributed by atoms with E-state index in [2.05, 4.69) is 4.90 Å². The van der Waals surface area contributed by atoms with Gasteiger partial charge in [0.25, 0.3) is 0 Å². The highest BCUT2D eigenvalue weighted by atomic mass is 35.5. The lowest BCUT2D eigenvalue weighted by molar-refractivity contribution is 0.199. The zero-order valence-electron chi connectivity index (χ0n) is 11.6. The highest BCUT2D eigenvalue weighted by Gasteiger charge is 2.40. The first-order chi connectivity index (χ1) is 9.91. The van der Waals surface area contributed by atoms with E-state index in [0.717, 1.165) is 25.9 Å². The van der Waals surface area contributed by atoms with Gasteiger partial charge in [-0.05, 0) is 50.9 Å². The van der Waals surface area contributed by atoms with Crippen molar-refractivity contribution >= 4 is 27.1 Å². The minimum Gasteiger partial charge on any atom is -0.504 e. The number of benzene rings is 1. The lowest BCUT2D eigenvalue weighted by Gasteiger charge is -2.34. The number of fused-ring (bicyclic) bond motifs is 1. The SMILES string of the molecule is Nc1ccc(Cl)c(S(=O)(=O)C2CCN3CCCC3C2)c1O. The van der Waals surface area contributed by atoms with Crippen molar-refractivity contribution in [2.45, 2.75) is 41.9 Å². The van der Waals surface area contributed by atoms with Gasteiger partial charge in [-0.3, -0.25) is 0 Å². The Morgan fingerprint density at radius 3 is 2.81 bits per heavy atom. The molecule has 0 aliphatic carbocycles. The molecule has 3 rings (SSSR count). The molecule has 116 valence electrons. The van der Waals surface area contributed by atoms with Crippen molar-refractivity contribution in [2.75, 3.05) is 18.8 Å². The lowest BCUT2D eigenvalue weighted by Crippen LogP contribution is -2.42. The fourth-order valence-electron chi connectivity index (χ4n) is 3.47. The molecule has 0 saturated carbocycles. The third kappa shape index (κ3) is 2.49. The number of nitrogens with zero attached hydrogens (tertiary/aromatic N) is 1. The molecule has 1 aromatic rings. The number of nitrogen functional groups attached to an aromatic ring is 1. The van der Waals surface area contributed by atoms with Gasteiger partial charge in [0.1, 0.15) is 4.90 Å². The predicted molar refractivity (Wildman–Crippen MR) is 82.3 cm³/mol. The molecule has 0 aromatic heterocycles. The molecule has 2 atom stereocenters. The fourth-order valence-corrected chi connectivity index (χ4v) is 5.90. The van der Waals surface area contributed by atoms with Crippen LogP contribution in [0.4, 0.5) is 5.69 Å². The maximum absolute atomic E-state index is 12.9. The van der Waals surface area contributed by atoms with Crippen molar-refractivity contribution in [1.82, 2.24) is 4.90 Å². The summed E-state index contributed by atoms with van der Waals surface area (Å²) in [6.07, 6.45) is 3.35. The third-order valence-corrected chi connectivity index (χ3v) is 7.33. The zero-order valence-corrected chi connectivity index (χ0v) is 13.2. The summed E-state index contributed by atoms with van der Waals surface area (Å²) < 4.78 is 25.7. The molecule has 0 radical (unpaired) electrons. The van der Waals surface area contributed by atoms with Crippen molar-refractivity contribution in [2.24, 2.45) is 0 Å². The maximum atomic E-state index is 12.9. The standard InChI is InChI=1S/C14H19ClN2O3S/c15-11-3-4-12(16)13(18)14(11)21(19,20)10-5-7-17-6-1-2-9(17)8-10/h3-4,9-10,18H,1-2,5-8,16H2. The summed E-state index contributed by atoms with van der Waals surface area (Å²) in [5, 5.41) is 9.57. The monoisotopic (exact) mass is 330 g/mol. The number of nitrogens with two attached hydrogens (primary N) is 1. The number of piperidine rings is 1. The number of sulfone groups is 1. The third-order valence-electron chi connectivity index (χ3n) is 4.61. The zero-order chi connectivity index (χ0) is 15.2. The molecule has 2 aliphatic rings. The summed E-state index contributed by atoms with van der Waals surface area (Å²) in [6.45, 7) is 1.84. The second-order valence-corrected chi connectivity index (χ2v) is 8.41. The van der Waals surface area contributed by atoms with Crippen LogP contribution >= 0.6 is 11.6 Å². The first-order valence-corrected chi connectivity index (χ1v) is 9.08. The Labute approximate surface area is 129 Å². The van der Waals surface area contributed by atoms with Crippen LogP contribution in [0.15, 0.2) is 17.0 Å². The molecule has 21 heavy (non-hydrogen) atoms. The van der Waals surface area contributed by atoms with E-state index in [0.29, 0.717) is 18.9 Å². The van der Waals surface area contributed by atoms with E-state index < -0.39 is 20.8 Å². The Morgan fingerprint density at radius 1 is 1.29 bits per heavy atom. The van der Waals surface area contributed by atoms with Gasteiger partial charge < -0.3 is 15.7 Å². The molecular formula is C14H19ClN2O3S. The number of halogens is 1. The minimum absolute atomic E-state index is 0.0375. The molecule has 2 unspecified atom stereocenters. The van der Waals surface area contributed by atoms with E-state index in [-0.39, 0.29) is 15.6 Å². The van der Waals surface area contributed by atoms with E-state index in [1.165, 1.54) is 12.1 Å². The molecule has 2 heterocycles. The summed E-state index contributed by atoms with van der Waals surface area (Å²) in [6, 6.07) is 3.17. The van der Waals surface area contributed by atoms with E-state index in [1.807, 2.05) is 0 Å². The van der Waals surface area contributed by atoms with Crippen LogP contribution in [0.3, 0.4) is 0 Å². The van der Waals surface area contributed by atoms with E-state index >= 15 is 0 Å². The molecule has 7 heteroatoms. The van der Waals surface area contributed by atoms with Gasteiger partial charge in [0.2, 0.25) is 0 Å². The average molecular weight is 331 g/mol. The van der Waals surface area contributed by atoms with Crippen LogP contribution < -0.4 is 5.73 Å². The van der Waals surface area contributed by atoms with Gasteiger partial charge in [-0.2, -0.15) is 0 Å². The molecule has 2 fully saturated rings. The molecule has 0 bridgehead atoms. The molecule has 5 nitrogen and oxygen atoms in total. The van der Waals surface area contributed by atoms with Gasteiger partial charge in [-0.1, -0.05) is 11.6 Å². The number of phenolic OH excluding ortho intramolecular Hbond substituents is 1. The van der Waals surface area contributed by atoms with Crippen LogP contribution in [0.5, 0.6) is 5.75 Å². The van der Waals surface area contributed by atoms with Crippen LogP contribution in [-0.2, 0) is 9.84 Å². The van der Waals surface area contributed by atoms with Gasteiger partial charge in [0.05, 0.1) is 16.0 Å². The molecule has 2 aliphatic heterocycles. The van der Waals surface area contributed by atoms with E-state index in [1.54, 1.807) is 0 Å². The predicted octanol–water partition coefficient (Wildman–Crippen LogP) is 2.03. The molecule has 2 saturated heterocycles. The van der Waals surface area contributed by atoms with E-state index in [4.69, 9.17) is 17.3 Å². The summed E-state index contributed by atoms with van der Waals surface area (Å²) >= 11 is 6.01. The summed E-state index contributed by atoms with van der Waals surface area (Å²) in [5.41, 5.74) is 5.66. The number of aromatic hydroxyl groups is 1. The minimum atomic E-state index is -3.67. The van der Waals surface area contributed by atoms with Gasteiger partial charge in [-0.25, -0.2) is 8.42 Å². The topological polar surface area (TPSA) is 83.6 Å². The summed E-state index contributed by atoms with van der Waals surface area (Å²) in [5.74, 6) is -0.420. The van der Waals surface area contributed by atoms with Crippen molar-refractivity contribution in [1.29, 1.82) is 0 Å². The highest BCUT2D eigenvalue weighted by Crippen LogP contribution is 2.40. The second-order valence-electron chi connectivity index (χ2n) is 5.84. The van der Waals surface area contributed by atoms with Crippen molar-refractivity contribution in [3.63, 3.8) is 0 Å². The summed E-state index contributed by atoms with van der Waals surface area (Å²) in [4.78, 5) is 2.15. The maximum Gasteiger partial charge on any atom is 0.186 e. The lowest BCUT2D eigenvalue weighted by atomic mass is 10.0. The smallest absolute Gasteiger partial charge is 0.186 e. The van der Waals surface area contributed by atoms with Gasteiger partial charge in [0.15, 0.2) is 15.6 Å². The van der Waals surface area contributed by atoms with Crippen LogP contribution in [-0.4, -0.2) is 42.8 Å². The van der Waals surface area contributed by atoms with Crippen LogP contribution in [0, 0.1) is 0 Å². The van der Waals surface area contributed by atoms with Crippen molar-refractivity contribution in [3.8, 4) is 5.75 Å². The van der Waals surface area contributed by atoms with Crippen LogP contribution in [0.2, 0.25) is 5.02 Å². The van der Waals surface area contributed by atoms with Gasteiger partial charge in [-0.15, -0.1) is 0 Å². The first-order valence-electron chi connectivity index (χ1n) is 7.16. The number of rotatable bonds is 2. The number of anilines is 1. The fraction of sp³-hybridized carbons (Fsp3) is 0.571. The Morgan fingerprint density at radius 2 is 2.05 bits per heavy atom. The molecule has 3 N–H and O–H groups in total. The van der Waals surface area contributed by atoms with Crippen LogP contribution in [0.1, 0.15) is 25.7 Å². The molecule has 0 spiro atoms. The number of phenols is 1. The molecular weight excluding hydrogens is 312 g/mol. The highest BCUT2D eigenvalue weighted by molar-refractivity contribution is 7.92. The van der Waals surface area contributed by atoms with Gasteiger partial charge in [0, 0.05) is 6.04 Å². The van der Waals surface area contributed by atoms with E-state index in [9.17, 15) is 13.5 Å². The van der Waals surface area contributed by atoms with Crippen LogP contribution in [0.25, 0.3) is 0 Å². The Balaban J connectivity index is 1.96. The average Bonchev–Trinajstić information content (AvgIpc) is 2.90. The first kappa shape index (κ1) is 14.9. The molecule has 0 amide bonds. The Bertz CT molecular complexity index is 662. The second kappa shape index (κ2) is 5.34. The Kier molecular flexibility index (Phi) is 3.80. The number of hydrogen-bond donors (Lipinski definition) is 2. The van der Waals surface area contributed by atoms with Gasteiger partial charge >= 0.3 is 0 Å². The quantitative estimate of drug-likeness (QED) is 0.640. The van der Waals surface area contributed by atoms with Crippen molar-refractivity contribution in [3.05, 3.63) is 17.2 Å². The normalized spacial score (nSPS) is 26.7. The number of hydrogen-bond acceptors (Lipinski definition) is 5. The van der Waals surface area contributed by atoms with Crippen molar-refractivity contribution < 1.29 is 13.5 Å². The largest absolute Gasteiger partial charge is 0.504 e. The Hall–Kier alpha value is -0.980. The molecule has 1 aromatic carbocycles. The summed E-state index contributed by atoms with van der Waals surface area (Å²) in [7, 11) is -3.67.